The van der Waals surface area contributed by atoms with Crippen LogP contribution in [0.3, 0.4) is 0 Å². The van der Waals surface area contributed by atoms with E-state index < -0.39 is 11.8 Å². The van der Waals surface area contributed by atoms with E-state index in [9.17, 15) is 14.7 Å². The van der Waals surface area contributed by atoms with E-state index in [1.807, 2.05) is 24.3 Å². The highest BCUT2D eigenvalue weighted by Crippen LogP contribution is 2.35. The molecule has 0 aliphatic heterocycles. The van der Waals surface area contributed by atoms with Gasteiger partial charge in [0.25, 0.3) is 11.8 Å². The van der Waals surface area contributed by atoms with Crippen molar-refractivity contribution in [2.45, 2.75) is 0 Å². The number of carbonyl (C=O) groups excluding carboxylic acids is 2. The summed E-state index contributed by atoms with van der Waals surface area (Å²) in [7, 11) is 0. The summed E-state index contributed by atoms with van der Waals surface area (Å²) in [5, 5.41) is 17.4. The van der Waals surface area contributed by atoms with Gasteiger partial charge in [-0.3, -0.25) is 9.59 Å². The topological polar surface area (TPSA) is 90.8 Å². The summed E-state index contributed by atoms with van der Waals surface area (Å²) in [5.41, 5.74) is 2.70. The van der Waals surface area contributed by atoms with E-state index in [1.54, 1.807) is 12.1 Å². The SMILES string of the molecule is O=C(CNC(=O)c1sc2ccccc2c1Cl)N/N=C\c1cc(Br)cc(Br)c1O. The number of amides is 2. The van der Waals surface area contributed by atoms with E-state index in [2.05, 4.69) is 47.7 Å². The van der Waals surface area contributed by atoms with Crippen molar-refractivity contribution in [2.75, 3.05) is 6.54 Å². The van der Waals surface area contributed by atoms with Crippen LogP contribution in [0.2, 0.25) is 5.02 Å². The normalized spacial score (nSPS) is 11.1. The number of aromatic hydroxyl groups is 1. The molecule has 0 saturated carbocycles. The monoisotopic (exact) mass is 543 g/mol. The second-order valence-electron chi connectivity index (χ2n) is 5.54. The molecule has 6 nitrogen and oxygen atoms in total. The van der Waals surface area contributed by atoms with Gasteiger partial charge in [0.2, 0.25) is 0 Å². The minimum atomic E-state index is -0.518. The Balaban J connectivity index is 1.58. The lowest BCUT2D eigenvalue weighted by atomic mass is 10.2. The number of phenolic OH excluding ortho intramolecular Hbond substituents is 1. The van der Waals surface area contributed by atoms with Gasteiger partial charge in [-0.15, -0.1) is 11.3 Å². The average Bonchev–Trinajstić information content (AvgIpc) is 3.00. The molecule has 0 aliphatic rings. The van der Waals surface area contributed by atoms with Crippen LogP contribution in [0, 0.1) is 0 Å². The summed E-state index contributed by atoms with van der Waals surface area (Å²) in [5.74, 6) is -0.955. The first-order valence-electron chi connectivity index (χ1n) is 7.82. The first-order chi connectivity index (χ1) is 13.4. The van der Waals surface area contributed by atoms with E-state index in [4.69, 9.17) is 11.6 Å². The summed E-state index contributed by atoms with van der Waals surface area (Å²) in [6.07, 6.45) is 1.30. The first kappa shape index (κ1) is 20.8. The summed E-state index contributed by atoms with van der Waals surface area (Å²) in [4.78, 5) is 24.6. The van der Waals surface area contributed by atoms with Crippen LogP contribution in [0.1, 0.15) is 15.2 Å². The van der Waals surface area contributed by atoms with Crippen molar-refractivity contribution < 1.29 is 14.7 Å². The van der Waals surface area contributed by atoms with Crippen LogP contribution in [-0.2, 0) is 4.79 Å². The van der Waals surface area contributed by atoms with Gasteiger partial charge < -0.3 is 10.4 Å². The molecule has 0 saturated heterocycles. The van der Waals surface area contributed by atoms with E-state index in [-0.39, 0.29) is 12.3 Å². The Morgan fingerprint density at radius 1 is 1.25 bits per heavy atom. The molecule has 1 heterocycles. The number of thiophene rings is 1. The number of nitrogens with zero attached hydrogens (tertiary/aromatic N) is 1. The standard InChI is InChI=1S/C18H12Br2ClN3O3S/c19-10-5-9(16(26)12(20)6-10)7-23-24-14(25)8-22-18(27)17-15(21)11-3-1-2-4-13(11)28-17/h1-7,26H,8H2,(H,22,27)(H,24,25)/b23-7-. The van der Waals surface area contributed by atoms with Gasteiger partial charge >= 0.3 is 0 Å². The number of benzene rings is 2. The molecule has 2 aromatic carbocycles. The van der Waals surface area contributed by atoms with Crippen LogP contribution >= 0.6 is 54.8 Å². The van der Waals surface area contributed by atoms with Crippen LogP contribution in [0.4, 0.5) is 0 Å². The Kier molecular flexibility index (Phi) is 6.71. The van der Waals surface area contributed by atoms with Crippen molar-refractivity contribution in [3.63, 3.8) is 0 Å². The number of hydrogen-bond acceptors (Lipinski definition) is 5. The van der Waals surface area contributed by atoms with Gasteiger partial charge in [0, 0.05) is 20.1 Å². The maximum atomic E-state index is 12.3. The van der Waals surface area contributed by atoms with Gasteiger partial charge in [-0.25, -0.2) is 5.43 Å². The molecule has 28 heavy (non-hydrogen) atoms. The lowest BCUT2D eigenvalue weighted by Crippen LogP contribution is -2.34. The predicted octanol–water partition coefficient (Wildman–Crippen LogP) is 4.67. The zero-order valence-electron chi connectivity index (χ0n) is 14.0. The Morgan fingerprint density at radius 2 is 2.00 bits per heavy atom. The molecule has 1 aromatic heterocycles. The van der Waals surface area contributed by atoms with Crippen LogP contribution in [-0.4, -0.2) is 29.7 Å². The van der Waals surface area contributed by atoms with E-state index in [1.165, 1.54) is 17.6 Å². The van der Waals surface area contributed by atoms with Gasteiger partial charge in [-0.1, -0.05) is 45.7 Å². The fourth-order valence-electron chi connectivity index (χ4n) is 2.30. The van der Waals surface area contributed by atoms with Crippen LogP contribution < -0.4 is 10.7 Å². The molecular weight excluding hydrogens is 534 g/mol. The highest BCUT2D eigenvalue weighted by molar-refractivity contribution is 9.11. The highest BCUT2D eigenvalue weighted by atomic mass is 79.9. The van der Waals surface area contributed by atoms with Gasteiger partial charge in [0.15, 0.2) is 0 Å². The molecule has 0 unspecified atom stereocenters. The summed E-state index contributed by atoms with van der Waals surface area (Å²) < 4.78 is 2.12. The van der Waals surface area contributed by atoms with Crippen molar-refractivity contribution in [1.82, 2.24) is 10.7 Å². The van der Waals surface area contributed by atoms with Crippen molar-refractivity contribution in [1.29, 1.82) is 0 Å². The molecule has 3 aromatic rings. The molecule has 3 rings (SSSR count). The Morgan fingerprint density at radius 3 is 2.75 bits per heavy atom. The molecule has 0 bridgehead atoms. The average molecular weight is 546 g/mol. The molecule has 3 N–H and O–H groups in total. The van der Waals surface area contributed by atoms with Crippen molar-refractivity contribution >= 4 is 82.9 Å². The maximum absolute atomic E-state index is 12.3. The largest absolute Gasteiger partial charge is 0.506 e. The van der Waals surface area contributed by atoms with Crippen LogP contribution in [0.15, 0.2) is 50.4 Å². The fourth-order valence-corrected chi connectivity index (χ4v) is 4.99. The van der Waals surface area contributed by atoms with Crippen molar-refractivity contribution in [3.05, 3.63) is 60.8 Å². The Bertz CT molecular complexity index is 1100. The molecule has 0 aliphatic carbocycles. The molecule has 2 amide bonds. The zero-order chi connectivity index (χ0) is 20.3. The summed E-state index contributed by atoms with van der Waals surface area (Å²) >= 11 is 14.0. The number of rotatable bonds is 5. The second-order valence-corrected chi connectivity index (χ2v) is 8.74. The summed E-state index contributed by atoms with van der Waals surface area (Å²) in [6, 6.07) is 10.7. The third-order valence-electron chi connectivity index (χ3n) is 3.60. The second kappa shape index (κ2) is 9.04. The predicted molar refractivity (Wildman–Crippen MR) is 118 cm³/mol. The molecule has 0 radical (unpaired) electrons. The quantitative estimate of drug-likeness (QED) is 0.322. The number of fused-ring (bicyclic) bond motifs is 1. The van der Waals surface area contributed by atoms with Crippen LogP contribution in [0.5, 0.6) is 5.75 Å². The number of halogens is 3. The van der Waals surface area contributed by atoms with Gasteiger partial charge in [0.1, 0.15) is 10.6 Å². The smallest absolute Gasteiger partial charge is 0.263 e. The first-order valence-corrected chi connectivity index (χ1v) is 10.6. The molecular formula is C18H12Br2ClN3O3S. The van der Waals surface area contributed by atoms with Crippen molar-refractivity contribution in [3.8, 4) is 5.75 Å². The Labute approximate surface area is 185 Å². The zero-order valence-corrected chi connectivity index (χ0v) is 18.7. The minimum absolute atomic E-state index is 0.00564. The Hall–Kier alpha value is -1.94. The fraction of sp³-hybridized carbons (Fsp3) is 0.0556. The molecule has 10 heteroatoms. The van der Waals surface area contributed by atoms with E-state index >= 15 is 0 Å². The molecule has 0 spiro atoms. The number of hydrogen-bond donors (Lipinski definition) is 3. The van der Waals surface area contributed by atoms with Gasteiger partial charge in [0.05, 0.1) is 22.3 Å². The van der Waals surface area contributed by atoms with E-state index in [0.717, 1.165) is 14.6 Å². The van der Waals surface area contributed by atoms with Gasteiger partial charge in [-0.05, 0) is 34.1 Å². The number of carbonyl (C=O) groups is 2. The van der Waals surface area contributed by atoms with Crippen LogP contribution in [0.25, 0.3) is 10.1 Å². The lowest BCUT2D eigenvalue weighted by Gasteiger charge is -2.04. The molecule has 0 atom stereocenters. The maximum Gasteiger partial charge on any atom is 0.263 e. The third-order valence-corrected chi connectivity index (χ3v) is 6.34. The highest BCUT2D eigenvalue weighted by Gasteiger charge is 2.17. The van der Waals surface area contributed by atoms with Gasteiger partial charge in [-0.2, -0.15) is 5.10 Å². The molecule has 0 fully saturated rings. The minimum Gasteiger partial charge on any atom is -0.506 e. The summed E-state index contributed by atoms with van der Waals surface area (Å²) in [6.45, 7) is -0.269. The number of nitrogens with one attached hydrogen (secondary N) is 2. The molecule has 144 valence electrons. The number of phenols is 1. The van der Waals surface area contributed by atoms with Crippen molar-refractivity contribution in [2.24, 2.45) is 5.10 Å². The third kappa shape index (κ3) is 4.72. The van der Waals surface area contributed by atoms with E-state index in [0.29, 0.717) is 19.9 Å². The number of hydrazone groups is 1. The lowest BCUT2D eigenvalue weighted by molar-refractivity contribution is -0.120.